The molecule has 7 heteroatoms. The van der Waals surface area contributed by atoms with E-state index in [1.54, 1.807) is 4.68 Å². The molecule has 0 aliphatic rings. The number of aryl methyl sites for hydroxylation is 2. The Morgan fingerprint density at radius 1 is 1.37 bits per heavy atom. The van der Waals surface area contributed by atoms with E-state index in [1.165, 1.54) is 12.3 Å². The second-order valence-electron chi connectivity index (χ2n) is 4.00. The largest absolute Gasteiger partial charge is 0.289 e. The van der Waals surface area contributed by atoms with Crippen molar-refractivity contribution in [2.45, 2.75) is 26.7 Å². The maximum atomic E-state index is 10.7. The van der Waals surface area contributed by atoms with Crippen LogP contribution in [0.5, 0.6) is 0 Å². The summed E-state index contributed by atoms with van der Waals surface area (Å²) in [6.45, 7) is 4.02. The third kappa shape index (κ3) is 2.58. The average Bonchev–Trinajstić information content (AvgIpc) is 2.81. The van der Waals surface area contributed by atoms with E-state index in [0.717, 1.165) is 24.2 Å². The minimum Gasteiger partial charge on any atom is -0.258 e. The summed E-state index contributed by atoms with van der Waals surface area (Å²) in [5.41, 5.74) is 1.78. The molecular formula is C12H13ClN4O2. The summed E-state index contributed by atoms with van der Waals surface area (Å²) in [6.07, 6.45) is 2.78. The number of hydrogen-bond acceptors (Lipinski definition) is 4. The van der Waals surface area contributed by atoms with Crippen molar-refractivity contribution in [2.24, 2.45) is 0 Å². The van der Waals surface area contributed by atoms with Gasteiger partial charge in [-0.1, -0.05) is 25.4 Å². The lowest BCUT2D eigenvalue weighted by atomic mass is 10.2. The molecule has 0 unspecified atom stereocenters. The molecule has 0 atom stereocenters. The van der Waals surface area contributed by atoms with Gasteiger partial charge in [0.05, 0.1) is 15.6 Å². The predicted octanol–water partition coefficient (Wildman–Crippen LogP) is 2.95. The van der Waals surface area contributed by atoms with Crippen molar-refractivity contribution in [3.8, 4) is 5.82 Å². The number of nitro groups is 1. The molecule has 19 heavy (non-hydrogen) atoms. The van der Waals surface area contributed by atoms with Gasteiger partial charge in [0.2, 0.25) is 0 Å². The zero-order valence-corrected chi connectivity index (χ0v) is 11.4. The fourth-order valence-corrected chi connectivity index (χ4v) is 2.00. The molecule has 0 aliphatic carbocycles. The first-order chi connectivity index (χ1) is 9.06. The molecule has 0 saturated heterocycles. The van der Waals surface area contributed by atoms with Crippen LogP contribution in [-0.2, 0) is 12.8 Å². The van der Waals surface area contributed by atoms with Gasteiger partial charge in [0.1, 0.15) is 6.20 Å². The first-order valence-electron chi connectivity index (χ1n) is 5.95. The molecule has 2 aromatic heterocycles. The molecule has 0 bridgehead atoms. The lowest BCUT2D eigenvalue weighted by molar-refractivity contribution is -0.385. The normalized spacial score (nSPS) is 10.7. The van der Waals surface area contributed by atoms with Gasteiger partial charge in [-0.05, 0) is 18.9 Å². The van der Waals surface area contributed by atoms with Gasteiger partial charge in [-0.25, -0.2) is 9.67 Å². The SMILES string of the molecule is CCc1cc(CC)n(-c2ncc([N+](=O)[O-])cc2Cl)n1. The van der Waals surface area contributed by atoms with Crippen LogP contribution in [0.2, 0.25) is 5.02 Å². The summed E-state index contributed by atoms with van der Waals surface area (Å²) in [5.74, 6) is 0.420. The van der Waals surface area contributed by atoms with Crippen LogP contribution in [0.4, 0.5) is 5.69 Å². The second-order valence-corrected chi connectivity index (χ2v) is 4.41. The highest BCUT2D eigenvalue weighted by molar-refractivity contribution is 6.32. The van der Waals surface area contributed by atoms with Crippen LogP contribution in [-0.4, -0.2) is 19.7 Å². The summed E-state index contributed by atoms with van der Waals surface area (Å²) in [7, 11) is 0. The molecule has 2 heterocycles. The van der Waals surface area contributed by atoms with Gasteiger partial charge in [0.15, 0.2) is 5.82 Å². The number of nitrogens with zero attached hydrogens (tertiary/aromatic N) is 4. The first-order valence-corrected chi connectivity index (χ1v) is 6.32. The molecule has 0 amide bonds. The summed E-state index contributed by atoms with van der Waals surface area (Å²) in [6, 6.07) is 3.27. The van der Waals surface area contributed by atoms with Gasteiger partial charge in [-0.15, -0.1) is 0 Å². The van der Waals surface area contributed by atoms with Crippen molar-refractivity contribution in [3.05, 3.63) is 44.9 Å². The monoisotopic (exact) mass is 280 g/mol. The molecule has 2 aromatic rings. The van der Waals surface area contributed by atoms with Gasteiger partial charge in [0, 0.05) is 11.8 Å². The van der Waals surface area contributed by atoms with E-state index in [2.05, 4.69) is 10.1 Å². The van der Waals surface area contributed by atoms with Gasteiger partial charge < -0.3 is 0 Å². The Morgan fingerprint density at radius 3 is 2.63 bits per heavy atom. The standard InChI is InChI=1S/C12H13ClN4O2/c1-3-8-5-9(4-2)16(15-8)12-11(13)6-10(7-14-12)17(18)19/h5-7H,3-4H2,1-2H3. The van der Waals surface area contributed by atoms with Crippen LogP contribution >= 0.6 is 11.6 Å². The third-order valence-corrected chi connectivity index (χ3v) is 3.06. The van der Waals surface area contributed by atoms with E-state index in [4.69, 9.17) is 11.6 Å². The average molecular weight is 281 g/mol. The Kier molecular flexibility index (Phi) is 3.80. The number of pyridine rings is 1. The van der Waals surface area contributed by atoms with Crippen LogP contribution in [0, 0.1) is 10.1 Å². The zero-order valence-electron chi connectivity index (χ0n) is 10.6. The van der Waals surface area contributed by atoms with Gasteiger partial charge in [-0.2, -0.15) is 5.10 Å². The van der Waals surface area contributed by atoms with Crippen LogP contribution in [0.25, 0.3) is 5.82 Å². The van der Waals surface area contributed by atoms with Crippen molar-refractivity contribution < 1.29 is 4.92 Å². The fourth-order valence-electron chi connectivity index (χ4n) is 1.76. The Hall–Kier alpha value is -1.95. The predicted molar refractivity (Wildman–Crippen MR) is 71.8 cm³/mol. The molecule has 0 aliphatic heterocycles. The molecule has 0 spiro atoms. The number of hydrogen-bond donors (Lipinski definition) is 0. The molecule has 0 aromatic carbocycles. The zero-order chi connectivity index (χ0) is 14.0. The third-order valence-electron chi connectivity index (χ3n) is 2.78. The highest BCUT2D eigenvalue weighted by Gasteiger charge is 2.15. The van der Waals surface area contributed by atoms with E-state index in [-0.39, 0.29) is 10.7 Å². The van der Waals surface area contributed by atoms with E-state index in [0.29, 0.717) is 5.82 Å². The smallest absolute Gasteiger partial charge is 0.258 e. The van der Waals surface area contributed by atoms with E-state index >= 15 is 0 Å². The molecule has 0 fully saturated rings. The lowest BCUT2D eigenvalue weighted by Gasteiger charge is -2.06. The van der Waals surface area contributed by atoms with Gasteiger partial charge in [-0.3, -0.25) is 10.1 Å². The molecule has 100 valence electrons. The Labute approximate surface area is 115 Å². The quantitative estimate of drug-likeness (QED) is 0.637. The lowest BCUT2D eigenvalue weighted by Crippen LogP contribution is -2.05. The highest BCUT2D eigenvalue weighted by atomic mass is 35.5. The number of rotatable bonds is 4. The Balaban J connectivity index is 2.52. The molecular weight excluding hydrogens is 268 g/mol. The van der Waals surface area contributed by atoms with E-state index < -0.39 is 4.92 Å². The van der Waals surface area contributed by atoms with E-state index in [1.807, 2.05) is 19.9 Å². The summed E-state index contributed by atoms with van der Waals surface area (Å²) >= 11 is 6.06. The van der Waals surface area contributed by atoms with Crippen LogP contribution < -0.4 is 0 Å². The van der Waals surface area contributed by atoms with Gasteiger partial charge in [0.25, 0.3) is 5.69 Å². The number of halogens is 1. The molecule has 2 rings (SSSR count). The van der Waals surface area contributed by atoms with Crippen molar-refractivity contribution in [2.75, 3.05) is 0 Å². The topological polar surface area (TPSA) is 73.8 Å². The fraction of sp³-hybridized carbons (Fsp3) is 0.333. The Bertz CT molecular complexity index is 624. The summed E-state index contributed by atoms with van der Waals surface area (Å²) in [5, 5.41) is 15.3. The molecule has 0 radical (unpaired) electrons. The highest BCUT2D eigenvalue weighted by Crippen LogP contribution is 2.24. The van der Waals surface area contributed by atoms with E-state index in [9.17, 15) is 10.1 Å². The van der Waals surface area contributed by atoms with Crippen LogP contribution in [0.1, 0.15) is 25.2 Å². The van der Waals surface area contributed by atoms with Crippen molar-refractivity contribution in [1.29, 1.82) is 0 Å². The van der Waals surface area contributed by atoms with Crippen molar-refractivity contribution in [3.63, 3.8) is 0 Å². The Morgan fingerprint density at radius 2 is 2.11 bits per heavy atom. The maximum absolute atomic E-state index is 10.7. The summed E-state index contributed by atoms with van der Waals surface area (Å²) in [4.78, 5) is 14.2. The van der Waals surface area contributed by atoms with Gasteiger partial charge >= 0.3 is 0 Å². The van der Waals surface area contributed by atoms with Crippen molar-refractivity contribution in [1.82, 2.24) is 14.8 Å². The molecule has 6 nitrogen and oxygen atoms in total. The second kappa shape index (κ2) is 5.36. The molecule has 0 N–H and O–H groups in total. The maximum Gasteiger partial charge on any atom is 0.289 e. The van der Waals surface area contributed by atoms with Crippen molar-refractivity contribution >= 4 is 17.3 Å². The first kappa shape index (κ1) is 13.5. The van der Waals surface area contributed by atoms with Crippen LogP contribution in [0.15, 0.2) is 18.3 Å². The minimum absolute atomic E-state index is 0.130. The number of aromatic nitrogens is 3. The van der Waals surface area contributed by atoms with Crippen LogP contribution in [0.3, 0.4) is 0 Å². The minimum atomic E-state index is -0.524. The summed E-state index contributed by atoms with van der Waals surface area (Å²) < 4.78 is 1.64. The molecule has 0 saturated carbocycles.